The van der Waals surface area contributed by atoms with Crippen LogP contribution in [0.5, 0.6) is 0 Å². The third kappa shape index (κ3) is 3.33. The highest BCUT2D eigenvalue weighted by atomic mass is 35.5. The van der Waals surface area contributed by atoms with Crippen molar-refractivity contribution in [1.29, 1.82) is 0 Å². The minimum atomic E-state index is -0.472. The van der Waals surface area contributed by atoms with Crippen molar-refractivity contribution in [3.8, 4) is 0 Å². The second-order valence-electron chi connectivity index (χ2n) is 6.41. The summed E-state index contributed by atoms with van der Waals surface area (Å²) in [6.07, 6.45) is 1.73. The summed E-state index contributed by atoms with van der Waals surface area (Å²) in [4.78, 5) is 30.1. The van der Waals surface area contributed by atoms with Crippen LogP contribution in [0.1, 0.15) is 20.7 Å². The predicted octanol–water partition coefficient (Wildman–Crippen LogP) is 1.88. The van der Waals surface area contributed by atoms with Crippen LogP contribution in [0.4, 0.5) is 0 Å². The van der Waals surface area contributed by atoms with Gasteiger partial charge in [0.05, 0.1) is 24.1 Å². The van der Waals surface area contributed by atoms with Crippen molar-refractivity contribution in [2.24, 2.45) is 5.73 Å². The molecule has 0 aliphatic carbocycles. The van der Waals surface area contributed by atoms with E-state index in [1.807, 2.05) is 15.6 Å². The van der Waals surface area contributed by atoms with Gasteiger partial charge in [-0.3, -0.25) is 9.59 Å². The first-order chi connectivity index (χ1) is 13.0. The Morgan fingerprint density at radius 2 is 1.63 bits per heavy atom. The van der Waals surface area contributed by atoms with Gasteiger partial charge >= 0.3 is 0 Å². The van der Waals surface area contributed by atoms with E-state index in [0.717, 1.165) is 5.52 Å². The van der Waals surface area contributed by atoms with Crippen LogP contribution in [-0.4, -0.2) is 52.6 Å². The van der Waals surface area contributed by atoms with Gasteiger partial charge in [0.2, 0.25) is 5.91 Å². The second kappa shape index (κ2) is 6.92. The van der Waals surface area contributed by atoms with E-state index in [0.29, 0.717) is 47.8 Å². The summed E-state index contributed by atoms with van der Waals surface area (Å²) in [6.45, 7) is 2.59. The number of piperazine rings is 1. The van der Waals surface area contributed by atoms with Gasteiger partial charge in [0.15, 0.2) is 0 Å². The van der Waals surface area contributed by atoms with Crippen molar-refractivity contribution in [1.82, 2.24) is 14.6 Å². The van der Waals surface area contributed by atoms with Crippen LogP contribution >= 0.6 is 11.6 Å². The molecule has 0 saturated carbocycles. The molecule has 1 aliphatic heterocycles. The van der Waals surface area contributed by atoms with Crippen molar-refractivity contribution in [3.63, 3.8) is 0 Å². The molecule has 27 heavy (non-hydrogen) atoms. The molecule has 1 aromatic heterocycles. The van der Waals surface area contributed by atoms with Crippen LogP contribution in [0.25, 0.3) is 11.0 Å². The zero-order valence-corrected chi connectivity index (χ0v) is 15.3. The molecule has 0 bridgehead atoms. The second-order valence-corrected chi connectivity index (χ2v) is 6.85. The molecule has 7 nitrogen and oxygen atoms in total. The first-order valence-electron chi connectivity index (χ1n) is 8.60. The summed E-state index contributed by atoms with van der Waals surface area (Å²) in [5.74, 6) is -0.464. The standard InChI is InChI=1S/C19H18ClN5O2/c20-15-4-1-13(2-5-15)19(27)23-7-9-24(10-8-23)25-12-22-16-11-14(18(21)26)3-6-17(16)25/h1-6,11-12H,7-10H2,(H2,21,26). The number of halogens is 1. The first-order valence-corrected chi connectivity index (χ1v) is 8.98. The van der Waals surface area contributed by atoms with Crippen LogP contribution in [0.2, 0.25) is 5.02 Å². The average Bonchev–Trinajstić information content (AvgIpc) is 3.11. The summed E-state index contributed by atoms with van der Waals surface area (Å²) in [5, 5.41) is 2.74. The van der Waals surface area contributed by atoms with E-state index in [2.05, 4.69) is 9.99 Å². The largest absolute Gasteiger partial charge is 0.366 e. The molecule has 2 heterocycles. The number of nitrogens with two attached hydrogens (primary N) is 1. The Labute approximate surface area is 160 Å². The third-order valence-electron chi connectivity index (χ3n) is 4.75. The van der Waals surface area contributed by atoms with E-state index in [9.17, 15) is 9.59 Å². The molecule has 2 aromatic carbocycles. The lowest BCUT2D eigenvalue weighted by atomic mass is 10.2. The maximum Gasteiger partial charge on any atom is 0.253 e. The minimum absolute atomic E-state index is 0.00732. The van der Waals surface area contributed by atoms with Crippen LogP contribution in [-0.2, 0) is 0 Å². The highest BCUT2D eigenvalue weighted by Crippen LogP contribution is 2.17. The number of rotatable bonds is 3. The molecule has 3 aromatic rings. The molecular weight excluding hydrogens is 366 g/mol. The SMILES string of the molecule is NC(=O)c1ccc2c(c1)ncn2N1CCN(C(=O)c2ccc(Cl)cc2)CC1. The Balaban J connectivity index is 1.47. The normalized spacial score (nSPS) is 14.6. The number of carbonyl (C=O) groups excluding carboxylic acids is 2. The zero-order valence-electron chi connectivity index (χ0n) is 14.5. The summed E-state index contributed by atoms with van der Waals surface area (Å²) < 4.78 is 1.96. The maximum absolute atomic E-state index is 12.6. The average molecular weight is 384 g/mol. The number of carbonyl (C=O) groups is 2. The minimum Gasteiger partial charge on any atom is -0.366 e. The summed E-state index contributed by atoms with van der Waals surface area (Å²) in [5.41, 5.74) is 8.01. The number of imidazole rings is 1. The van der Waals surface area contributed by atoms with Crippen LogP contribution in [0, 0.1) is 0 Å². The summed E-state index contributed by atoms with van der Waals surface area (Å²) in [6, 6.07) is 12.2. The highest BCUT2D eigenvalue weighted by molar-refractivity contribution is 6.30. The number of aromatic nitrogens is 2. The number of hydrogen-bond donors (Lipinski definition) is 1. The van der Waals surface area contributed by atoms with E-state index in [-0.39, 0.29) is 5.91 Å². The van der Waals surface area contributed by atoms with Crippen molar-refractivity contribution in [2.75, 3.05) is 31.2 Å². The Hall–Kier alpha value is -3.06. The molecule has 1 saturated heterocycles. The first kappa shape index (κ1) is 17.4. The fourth-order valence-corrected chi connectivity index (χ4v) is 3.39. The van der Waals surface area contributed by atoms with Gasteiger partial charge in [-0.15, -0.1) is 0 Å². The molecule has 2 N–H and O–H groups in total. The van der Waals surface area contributed by atoms with Crippen LogP contribution < -0.4 is 10.7 Å². The Morgan fingerprint density at radius 3 is 2.30 bits per heavy atom. The maximum atomic E-state index is 12.6. The van der Waals surface area contributed by atoms with E-state index in [1.165, 1.54) is 0 Å². The van der Waals surface area contributed by atoms with Gasteiger partial charge in [-0.1, -0.05) is 11.6 Å². The molecular formula is C19H18ClN5O2. The van der Waals surface area contributed by atoms with E-state index < -0.39 is 5.91 Å². The lowest BCUT2D eigenvalue weighted by molar-refractivity contribution is 0.0738. The van der Waals surface area contributed by atoms with Gasteiger partial charge in [0, 0.05) is 29.2 Å². The topological polar surface area (TPSA) is 84.5 Å². The van der Waals surface area contributed by atoms with E-state index >= 15 is 0 Å². The monoisotopic (exact) mass is 383 g/mol. The van der Waals surface area contributed by atoms with Gasteiger partial charge in [-0.2, -0.15) is 0 Å². The highest BCUT2D eigenvalue weighted by Gasteiger charge is 2.23. The quantitative estimate of drug-likeness (QED) is 0.748. The molecule has 138 valence electrons. The Morgan fingerprint density at radius 1 is 0.963 bits per heavy atom. The lowest BCUT2D eigenvalue weighted by Crippen LogP contribution is -2.52. The van der Waals surface area contributed by atoms with Gasteiger partial charge in [-0.25, -0.2) is 9.66 Å². The molecule has 1 fully saturated rings. The number of fused-ring (bicyclic) bond motifs is 1. The molecule has 8 heteroatoms. The Bertz CT molecular complexity index is 1010. The number of primary amides is 1. The molecule has 0 unspecified atom stereocenters. The van der Waals surface area contributed by atoms with Gasteiger partial charge in [0.1, 0.15) is 6.33 Å². The fraction of sp³-hybridized carbons (Fsp3) is 0.211. The fourth-order valence-electron chi connectivity index (χ4n) is 3.27. The number of hydrogen-bond acceptors (Lipinski definition) is 4. The van der Waals surface area contributed by atoms with E-state index in [1.54, 1.807) is 42.7 Å². The number of amides is 2. The number of nitrogens with zero attached hydrogens (tertiary/aromatic N) is 4. The smallest absolute Gasteiger partial charge is 0.253 e. The third-order valence-corrected chi connectivity index (χ3v) is 5.00. The molecule has 4 rings (SSSR count). The van der Waals surface area contributed by atoms with Crippen LogP contribution in [0.3, 0.4) is 0 Å². The molecule has 2 amide bonds. The van der Waals surface area contributed by atoms with E-state index in [4.69, 9.17) is 17.3 Å². The van der Waals surface area contributed by atoms with Crippen molar-refractivity contribution in [3.05, 3.63) is 64.9 Å². The molecule has 1 aliphatic rings. The zero-order chi connectivity index (χ0) is 19.0. The predicted molar refractivity (Wildman–Crippen MR) is 104 cm³/mol. The van der Waals surface area contributed by atoms with Gasteiger partial charge < -0.3 is 15.6 Å². The summed E-state index contributed by atoms with van der Waals surface area (Å²) >= 11 is 5.89. The van der Waals surface area contributed by atoms with Gasteiger partial charge in [0.25, 0.3) is 5.91 Å². The van der Waals surface area contributed by atoms with Gasteiger partial charge in [-0.05, 0) is 42.5 Å². The lowest BCUT2D eigenvalue weighted by Gasteiger charge is -2.36. The van der Waals surface area contributed by atoms with Crippen molar-refractivity contribution >= 4 is 34.4 Å². The van der Waals surface area contributed by atoms with Crippen molar-refractivity contribution in [2.45, 2.75) is 0 Å². The molecule has 0 spiro atoms. The summed E-state index contributed by atoms with van der Waals surface area (Å²) in [7, 11) is 0. The molecule has 0 atom stereocenters. The Kier molecular flexibility index (Phi) is 4.45. The number of benzene rings is 2. The van der Waals surface area contributed by atoms with Crippen LogP contribution in [0.15, 0.2) is 48.8 Å². The molecule has 0 radical (unpaired) electrons. The van der Waals surface area contributed by atoms with Crippen molar-refractivity contribution < 1.29 is 9.59 Å².